The Morgan fingerprint density at radius 3 is 2.76 bits per heavy atom. The summed E-state index contributed by atoms with van der Waals surface area (Å²) < 4.78 is 0.969. The number of amides is 2. The highest BCUT2D eigenvalue weighted by molar-refractivity contribution is 9.10. The van der Waals surface area contributed by atoms with Gasteiger partial charge in [-0.2, -0.15) is 0 Å². The van der Waals surface area contributed by atoms with Crippen LogP contribution in [0.1, 0.15) is 12.0 Å². The van der Waals surface area contributed by atoms with E-state index in [2.05, 4.69) is 15.9 Å². The molecule has 1 aromatic rings. The third kappa shape index (κ3) is 2.34. The van der Waals surface area contributed by atoms with E-state index in [0.717, 1.165) is 15.7 Å². The molecule has 1 aromatic carbocycles. The standard InChI is InChI=1S/C12H13BrN2O2/c1-7-4-9(13)2-3-10(7)15-6-8(12(14)17)5-11(15)16/h2-4,8H,5-6H2,1H3,(H2,14,17). The van der Waals surface area contributed by atoms with E-state index in [0.29, 0.717) is 6.54 Å². The summed E-state index contributed by atoms with van der Waals surface area (Å²) in [6.45, 7) is 2.32. The Kier molecular flexibility index (Phi) is 3.19. The van der Waals surface area contributed by atoms with Gasteiger partial charge in [0.25, 0.3) is 0 Å². The summed E-state index contributed by atoms with van der Waals surface area (Å²) in [5.41, 5.74) is 7.08. The van der Waals surface area contributed by atoms with Gasteiger partial charge in [-0.1, -0.05) is 15.9 Å². The maximum Gasteiger partial charge on any atom is 0.227 e. The molecule has 1 fully saturated rings. The minimum absolute atomic E-state index is 0.0424. The van der Waals surface area contributed by atoms with Gasteiger partial charge in [-0.3, -0.25) is 9.59 Å². The number of aryl methyl sites for hydroxylation is 1. The van der Waals surface area contributed by atoms with Crippen molar-refractivity contribution in [1.29, 1.82) is 0 Å². The lowest BCUT2D eigenvalue weighted by Crippen LogP contribution is -2.28. The molecule has 0 bridgehead atoms. The highest BCUT2D eigenvalue weighted by Crippen LogP contribution is 2.29. The summed E-state index contributed by atoms with van der Waals surface area (Å²) in [5, 5.41) is 0. The van der Waals surface area contributed by atoms with Crippen molar-refractivity contribution in [2.24, 2.45) is 11.7 Å². The average molecular weight is 297 g/mol. The molecule has 0 saturated carbocycles. The maximum atomic E-state index is 11.8. The van der Waals surface area contributed by atoms with Crippen molar-refractivity contribution in [3.05, 3.63) is 28.2 Å². The van der Waals surface area contributed by atoms with E-state index in [9.17, 15) is 9.59 Å². The number of carbonyl (C=O) groups excluding carboxylic acids is 2. The Morgan fingerprint density at radius 1 is 1.53 bits per heavy atom. The molecule has 5 heteroatoms. The number of rotatable bonds is 2. The minimum Gasteiger partial charge on any atom is -0.369 e. The fraction of sp³-hybridized carbons (Fsp3) is 0.333. The van der Waals surface area contributed by atoms with E-state index in [1.807, 2.05) is 25.1 Å². The quantitative estimate of drug-likeness (QED) is 0.901. The van der Waals surface area contributed by atoms with Gasteiger partial charge in [-0.05, 0) is 30.7 Å². The number of primary amides is 1. The lowest BCUT2D eigenvalue weighted by Gasteiger charge is -2.18. The van der Waals surface area contributed by atoms with Crippen LogP contribution in [0, 0.1) is 12.8 Å². The summed E-state index contributed by atoms with van der Waals surface area (Å²) in [6.07, 6.45) is 0.213. The van der Waals surface area contributed by atoms with Crippen molar-refractivity contribution in [1.82, 2.24) is 0 Å². The van der Waals surface area contributed by atoms with Crippen molar-refractivity contribution in [3.8, 4) is 0 Å². The van der Waals surface area contributed by atoms with Crippen LogP contribution in [0.2, 0.25) is 0 Å². The van der Waals surface area contributed by atoms with E-state index in [1.165, 1.54) is 0 Å². The Bertz CT molecular complexity index is 487. The zero-order valence-electron chi connectivity index (χ0n) is 9.44. The van der Waals surface area contributed by atoms with Crippen LogP contribution in [0.25, 0.3) is 0 Å². The van der Waals surface area contributed by atoms with Crippen LogP contribution in [0.3, 0.4) is 0 Å². The summed E-state index contributed by atoms with van der Waals surface area (Å²) in [5.74, 6) is -0.819. The first kappa shape index (κ1) is 12.1. The van der Waals surface area contributed by atoms with Crippen molar-refractivity contribution in [3.63, 3.8) is 0 Å². The number of benzene rings is 1. The molecule has 0 aliphatic carbocycles. The Labute approximate surface area is 108 Å². The second-order valence-electron chi connectivity index (χ2n) is 4.24. The first-order chi connectivity index (χ1) is 7.99. The number of carbonyl (C=O) groups is 2. The molecule has 0 spiro atoms. The Morgan fingerprint density at radius 2 is 2.24 bits per heavy atom. The van der Waals surface area contributed by atoms with E-state index >= 15 is 0 Å². The molecular weight excluding hydrogens is 284 g/mol. The number of nitrogens with two attached hydrogens (primary N) is 1. The molecule has 1 aliphatic rings. The van der Waals surface area contributed by atoms with Gasteiger partial charge >= 0.3 is 0 Å². The van der Waals surface area contributed by atoms with Crippen LogP contribution in [0.5, 0.6) is 0 Å². The zero-order valence-corrected chi connectivity index (χ0v) is 11.0. The van der Waals surface area contributed by atoms with Crippen LogP contribution in [-0.2, 0) is 9.59 Å². The highest BCUT2D eigenvalue weighted by atomic mass is 79.9. The molecule has 17 heavy (non-hydrogen) atoms. The lowest BCUT2D eigenvalue weighted by atomic mass is 10.1. The minimum atomic E-state index is -0.407. The molecule has 0 radical (unpaired) electrons. The monoisotopic (exact) mass is 296 g/mol. The molecule has 1 atom stereocenters. The molecule has 1 heterocycles. The van der Waals surface area contributed by atoms with Gasteiger partial charge in [0.2, 0.25) is 11.8 Å². The Hall–Kier alpha value is -1.36. The third-order valence-corrected chi connectivity index (χ3v) is 3.47. The van der Waals surface area contributed by atoms with Crippen LogP contribution in [0.4, 0.5) is 5.69 Å². The van der Waals surface area contributed by atoms with E-state index < -0.39 is 5.91 Å². The smallest absolute Gasteiger partial charge is 0.227 e. The summed E-state index contributed by atoms with van der Waals surface area (Å²) in [6, 6.07) is 5.70. The van der Waals surface area contributed by atoms with Crippen molar-refractivity contribution >= 4 is 33.4 Å². The number of halogens is 1. The van der Waals surface area contributed by atoms with Crippen LogP contribution in [-0.4, -0.2) is 18.4 Å². The summed E-state index contributed by atoms with van der Waals surface area (Å²) in [7, 11) is 0. The number of nitrogens with zero attached hydrogens (tertiary/aromatic N) is 1. The predicted octanol–water partition coefficient (Wildman–Crippen LogP) is 1.60. The van der Waals surface area contributed by atoms with Gasteiger partial charge in [0.15, 0.2) is 0 Å². The molecule has 1 unspecified atom stereocenters. The molecule has 2 amide bonds. The SMILES string of the molecule is Cc1cc(Br)ccc1N1CC(C(N)=O)CC1=O. The van der Waals surface area contributed by atoms with Crippen molar-refractivity contribution < 1.29 is 9.59 Å². The molecule has 2 N–H and O–H groups in total. The van der Waals surface area contributed by atoms with E-state index in [1.54, 1.807) is 4.90 Å². The molecule has 1 saturated heterocycles. The topological polar surface area (TPSA) is 63.4 Å². The fourth-order valence-corrected chi connectivity index (χ4v) is 2.53. The van der Waals surface area contributed by atoms with E-state index in [4.69, 9.17) is 5.73 Å². The summed E-state index contributed by atoms with van der Waals surface area (Å²) in [4.78, 5) is 24.6. The molecular formula is C12H13BrN2O2. The van der Waals surface area contributed by atoms with Crippen molar-refractivity contribution in [2.45, 2.75) is 13.3 Å². The van der Waals surface area contributed by atoms with Gasteiger partial charge < -0.3 is 10.6 Å². The van der Waals surface area contributed by atoms with E-state index in [-0.39, 0.29) is 18.2 Å². The number of anilines is 1. The predicted molar refractivity (Wildman–Crippen MR) is 68.5 cm³/mol. The van der Waals surface area contributed by atoms with Crippen molar-refractivity contribution in [2.75, 3.05) is 11.4 Å². The molecule has 90 valence electrons. The largest absolute Gasteiger partial charge is 0.369 e. The third-order valence-electron chi connectivity index (χ3n) is 2.98. The second kappa shape index (κ2) is 4.49. The average Bonchev–Trinajstić information content (AvgIpc) is 2.61. The molecule has 0 aromatic heterocycles. The molecule has 2 rings (SSSR count). The van der Waals surface area contributed by atoms with Gasteiger partial charge in [0, 0.05) is 23.1 Å². The van der Waals surface area contributed by atoms with Crippen LogP contribution >= 0.6 is 15.9 Å². The second-order valence-corrected chi connectivity index (χ2v) is 5.15. The fourth-order valence-electron chi connectivity index (χ4n) is 2.05. The van der Waals surface area contributed by atoms with Gasteiger partial charge in [-0.15, -0.1) is 0 Å². The molecule has 1 aliphatic heterocycles. The van der Waals surface area contributed by atoms with Gasteiger partial charge in [0.1, 0.15) is 0 Å². The Balaban J connectivity index is 2.29. The van der Waals surface area contributed by atoms with Gasteiger partial charge in [0.05, 0.1) is 5.92 Å². The highest BCUT2D eigenvalue weighted by Gasteiger charge is 2.34. The lowest BCUT2D eigenvalue weighted by molar-refractivity contribution is -0.123. The normalized spacial score (nSPS) is 19.8. The van der Waals surface area contributed by atoms with Crippen LogP contribution in [0.15, 0.2) is 22.7 Å². The number of hydrogen-bond acceptors (Lipinski definition) is 2. The molecule has 4 nitrogen and oxygen atoms in total. The first-order valence-corrected chi connectivity index (χ1v) is 6.14. The maximum absolute atomic E-state index is 11.8. The first-order valence-electron chi connectivity index (χ1n) is 5.35. The summed E-state index contributed by atoms with van der Waals surface area (Å²) >= 11 is 3.38. The van der Waals surface area contributed by atoms with Crippen LogP contribution < -0.4 is 10.6 Å². The number of hydrogen-bond donors (Lipinski definition) is 1. The van der Waals surface area contributed by atoms with Gasteiger partial charge in [-0.25, -0.2) is 0 Å². The zero-order chi connectivity index (χ0) is 12.6.